The number of rotatable bonds is 7. The van der Waals surface area contributed by atoms with Crippen LogP contribution >= 0.6 is 0 Å². The molecule has 0 unspecified atom stereocenters. The summed E-state index contributed by atoms with van der Waals surface area (Å²) in [7, 11) is -3.65. The molecule has 7 heteroatoms. The summed E-state index contributed by atoms with van der Waals surface area (Å²) in [5.41, 5.74) is 0.687. The van der Waals surface area contributed by atoms with E-state index in [1.54, 1.807) is 24.3 Å². The monoisotopic (exact) mass is 329 g/mol. The molecule has 1 aromatic rings. The number of hydrogen-bond acceptors (Lipinski definition) is 5. The van der Waals surface area contributed by atoms with E-state index in [1.165, 1.54) is 4.31 Å². The van der Waals surface area contributed by atoms with Gasteiger partial charge in [-0.1, -0.05) is 26.0 Å². The van der Waals surface area contributed by atoms with Crippen LogP contribution < -0.4 is 0 Å². The Bertz CT molecular complexity index is 581. The van der Waals surface area contributed by atoms with Crippen LogP contribution in [0.15, 0.2) is 29.2 Å². The molecule has 0 amide bonds. The molecular weight excluding hydrogens is 306 g/mol. The van der Waals surface area contributed by atoms with Gasteiger partial charge in [0.1, 0.15) is 0 Å². The van der Waals surface area contributed by atoms with Crippen molar-refractivity contribution in [1.82, 2.24) is 4.31 Å². The van der Waals surface area contributed by atoms with Crippen LogP contribution in [0.1, 0.15) is 25.7 Å². The molecule has 6 nitrogen and oxygen atoms in total. The highest BCUT2D eigenvalue weighted by Crippen LogP contribution is 2.26. The predicted octanol–water partition coefficient (Wildman–Crippen LogP) is 1.37. The van der Waals surface area contributed by atoms with Gasteiger partial charge in [-0.2, -0.15) is 4.31 Å². The summed E-state index contributed by atoms with van der Waals surface area (Å²) in [6.45, 7) is 5.13. The second-order valence-corrected chi connectivity index (χ2v) is 7.56. The van der Waals surface area contributed by atoms with Crippen molar-refractivity contribution in [3.05, 3.63) is 29.8 Å². The number of sulfonamides is 1. The molecule has 0 spiro atoms. The molecule has 0 atom stereocenters. The maximum atomic E-state index is 12.8. The van der Waals surface area contributed by atoms with Gasteiger partial charge in [-0.3, -0.25) is 0 Å². The van der Waals surface area contributed by atoms with E-state index in [0.29, 0.717) is 25.3 Å². The highest BCUT2D eigenvalue weighted by atomic mass is 32.2. The summed E-state index contributed by atoms with van der Waals surface area (Å²) in [5.74, 6) is 0.172. The second-order valence-electron chi connectivity index (χ2n) is 5.63. The molecule has 0 aliphatic carbocycles. The van der Waals surface area contributed by atoms with Gasteiger partial charge in [0.25, 0.3) is 0 Å². The van der Waals surface area contributed by atoms with Crippen LogP contribution in [0.3, 0.4) is 0 Å². The predicted molar refractivity (Wildman–Crippen MR) is 81.8 cm³/mol. The van der Waals surface area contributed by atoms with Crippen LogP contribution in [0, 0.1) is 5.92 Å². The van der Waals surface area contributed by atoms with Crippen molar-refractivity contribution >= 4 is 10.0 Å². The molecule has 124 valence electrons. The standard InChI is InChI=1S/C15H23NO5S/c1-12(2)11-16(6-7-17)22(18,19)14-5-3-4-13(10-14)15-20-8-9-21-15/h3-5,10,12,15,17H,6-9,11H2,1-2H3. The lowest BCUT2D eigenvalue weighted by atomic mass is 10.2. The Balaban J connectivity index is 2.28. The Morgan fingerprint density at radius 1 is 1.32 bits per heavy atom. The Hall–Kier alpha value is -0.990. The molecule has 1 fully saturated rings. The van der Waals surface area contributed by atoms with Gasteiger partial charge < -0.3 is 14.6 Å². The van der Waals surface area contributed by atoms with E-state index in [4.69, 9.17) is 14.6 Å². The van der Waals surface area contributed by atoms with Crippen LogP contribution in [0.2, 0.25) is 0 Å². The lowest BCUT2D eigenvalue weighted by molar-refractivity contribution is -0.0442. The fraction of sp³-hybridized carbons (Fsp3) is 0.600. The fourth-order valence-corrected chi connectivity index (χ4v) is 4.00. The quantitative estimate of drug-likeness (QED) is 0.818. The first kappa shape index (κ1) is 17.4. The number of ether oxygens (including phenoxy) is 2. The Kier molecular flexibility index (Phi) is 5.94. The Labute approximate surface area is 131 Å². The van der Waals surface area contributed by atoms with Gasteiger partial charge in [0.05, 0.1) is 24.7 Å². The van der Waals surface area contributed by atoms with E-state index in [2.05, 4.69) is 0 Å². The molecule has 2 rings (SSSR count). The minimum absolute atomic E-state index is 0.0845. The molecule has 0 bridgehead atoms. The molecule has 1 N–H and O–H groups in total. The van der Waals surface area contributed by atoms with E-state index >= 15 is 0 Å². The molecule has 1 aliphatic rings. The summed E-state index contributed by atoms with van der Waals surface area (Å²) in [6.07, 6.45) is -0.508. The first-order valence-electron chi connectivity index (χ1n) is 7.39. The molecule has 1 heterocycles. The zero-order valence-electron chi connectivity index (χ0n) is 12.9. The number of aliphatic hydroxyl groups excluding tert-OH is 1. The largest absolute Gasteiger partial charge is 0.395 e. The Morgan fingerprint density at radius 2 is 2.00 bits per heavy atom. The van der Waals surface area contributed by atoms with Crippen molar-refractivity contribution in [3.63, 3.8) is 0 Å². The molecule has 1 aromatic carbocycles. The minimum atomic E-state index is -3.65. The first-order chi connectivity index (χ1) is 10.4. The Morgan fingerprint density at radius 3 is 2.59 bits per heavy atom. The second kappa shape index (κ2) is 7.52. The molecule has 0 saturated carbocycles. The number of hydrogen-bond donors (Lipinski definition) is 1. The van der Waals surface area contributed by atoms with E-state index in [9.17, 15) is 8.42 Å². The van der Waals surface area contributed by atoms with E-state index in [1.807, 2.05) is 13.8 Å². The van der Waals surface area contributed by atoms with Gasteiger partial charge in [-0.05, 0) is 18.1 Å². The average Bonchev–Trinajstić information content (AvgIpc) is 3.01. The molecule has 22 heavy (non-hydrogen) atoms. The van der Waals surface area contributed by atoms with Gasteiger partial charge in [-0.25, -0.2) is 8.42 Å². The van der Waals surface area contributed by atoms with Crippen LogP contribution in [-0.4, -0.2) is 50.7 Å². The van der Waals surface area contributed by atoms with Gasteiger partial charge >= 0.3 is 0 Å². The lowest BCUT2D eigenvalue weighted by Gasteiger charge is -2.23. The van der Waals surface area contributed by atoms with E-state index < -0.39 is 16.3 Å². The van der Waals surface area contributed by atoms with E-state index in [-0.39, 0.29) is 24.0 Å². The molecule has 0 radical (unpaired) electrons. The summed E-state index contributed by atoms with van der Waals surface area (Å²) in [4.78, 5) is 0.193. The topological polar surface area (TPSA) is 76.1 Å². The summed E-state index contributed by atoms with van der Waals surface area (Å²) in [5, 5.41) is 9.14. The van der Waals surface area contributed by atoms with Crippen LogP contribution in [0.4, 0.5) is 0 Å². The van der Waals surface area contributed by atoms with Gasteiger partial charge in [0.15, 0.2) is 6.29 Å². The van der Waals surface area contributed by atoms with E-state index in [0.717, 1.165) is 0 Å². The SMILES string of the molecule is CC(C)CN(CCO)S(=O)(=O)c1cccc(C2OCCO2)c1. The maximum absolute atomic E-state index is 12.8. The van der Waals surface area contributed by atoms with Crippen molar-refractivity contribution < 1.29 is 23.0 Å². The zero-order chi connectivity index (χ0) is 16.2. The maximum Gasteiger partial charge on any atom is 0.243 e. The van der Waals surface area contributed by atoms with Crippen LogP contribution in [-0.2, 0) is 19.5 Å². The third-order valence-corrected chi connectivity index (χ3v) is 5.17. The normalized spacial score (nSPS) is 16.8. The van der Waals surface area contributed by atoms with Gasteiger partial charge in [0.2, 0.25) is 10.0 Å². The molecule has 1 saturated heterocycles. The highest BCUT2D eigenvalue weighted by molar-refractivity contribution is 7.89. The molecular formula is C15H23NO5S. The highest BCUT2D eigenvalue weighted by Gasteiger charge is 2.26. The summed E-state index contributed by atoms with van der Waals surface area (Å²) in [6, 6.07) is 6.60. The van der Waals surface area contributed by atoms with Gasteiger partial charge in [-0.15, -0.1) is 0 Å². The number of nitrogens with zero attached hydrogens (tertiary/aromatic N) is 1. The van der Waals surface area contributed by atoms with Crippen LogP contribution in [0.5, 0.6) is 0 Å². The third-order valence-electron chi connectivity index (χ3n) is 3.31. The molecule has 0 aromatic heterocycles. The lowest BCUT2D eigenvalue weighted by Crippen LogP contribution is -2.36. The number of benzene rings is 1. The zero-order valence-corrected chi connectivity index (χ0v) is 13.8. The summed E-state index contributed by atoms with van der Waals surface area (Å²) >= 11 is 0. The molecule has 1 aliphatic heterocycles. The first-order valence-corrected chi connectivity index (χ1v) is 8.83. The fourth-order valence-electron chi connectivity index (χ4n) is 2.35. The average molecular weight is 329 g/mol. The van der Waals surface area contributed by atoms with Gasteiger partial charge in [0, 0.05) is 18.7 Å². The van der Waals surface area contributed by atoms with Crippen molar-refractivity contribution in [1.29, 1.82) is 0 Å². The smallest absolute Gasteiger partial charge is 0.243 e. The van der Waals surface area contributed by atoms with Crippen molar-refractivity contribution in [2.75, 3.05) is 32.9 Å². The number of aliphatic hydroxyl groups is 1. The van der Waals surface area contributed by atoms with Crippen molar-refractivity contribution in [2.45, 2.75) is 25.0 Å². The van der Waals surface area contributed by atoms with Crippen LogP contribution in [0.25, 0.3) is 0 Å². The van der Waals surface area contributed by atoms with Crippen molar-refractivity contribution in [3.8, 4) is 0 Å². The third kappa shape index (κ3) is 4.05. The van der Waals surface area contributed by atoms with Crippen molar-refractivity contribution in [2.24, 2.45) is 5.92 Å². The minimum Gasteiger partial charge on any atom is -0.395 e. The summed E-state index contributed by atoms with van der Waals surface area (Å²) < 4.78 is 37.6.